The van der Waals surface area contributed by atoms with Gasteiger partial charge in [0.1, 0.15) is 4.90 Å². The van der Waals surface area contributed by atoms with Crippen molar-refractivity contribution in [1.82, 2.24) is 0 Å². The Morgan fingerprint density at radius 1 is 1.29 bits per heavy atom. The molecular formula is C8H4Cl2O2S2. The maximum Gasteiger partial charge on any atom is 0.262 e. The van der Waals surface area contributed by atoms with Crippen molar-refractivity contribution in [1.29, 1.82) is 0 Å². The molecule has 0 unspecified atom stereocenters. The maximum atomic E-state index is 11.1. The van der Waals surface area contributed by atoms with Gasteiger partial charge in [0.25, 0.3) is 9.05 Å². The van der Waals surface area contributed by atoms with Crippen molar-refractivity contribution in [3.8, 4) is 0 Å². The Kier molecular flexibility index (Phi) is 2.47. The van der Waals surface area contributed by atoms with Gasteiger partial charge in [-0.3, -0.25) is 0 Å². The fraction of sp³-hybridized carbons (Fsp3) is 0. The van der Waals surface area contributed by atoms with E-state index in [-0.39, 0.29) is 4.90 Å². The van der Waals surface area contributed by atoms with Crippen LogP contribution >= 0.6 is 33.6 Å². The Morgan fingerprint density at radius 2 is 2.00 bits per heavy atom. The zero-order valence-electron chi connectivity index (χ0n) is 6.70. The first-order chi connectivity index (χ1) is 6.48. The lowest BCUT2D eigenvalue weighted by Gasteiger charge is -1.94. The molecule has 1 aromatic heterocycles. The van der Waals surface area contributed by atoms with Gasteiger partial charge < -0.3 is 0 Å². The van der Waals surface area contributed by atoms with E-state index >= 15 is 0 Å². The zero-order valence-corrected chi connectivity index (χ0v) is 9.84. The van der Waals surface area contributed by atoms with Crippen LogP contribution in [0.3, 0.4) is 0 Å². The van der Waals surface area contributed by atoms with Crippen molar-refractivity contribution < 1.29 is 8.42 Å². The molecule has 0 atom stereocenters. The van der Waals surface area contributed by atoms with Gasteiger partial charge in [-0.2, -0.15) is 0 Å². The third kappa shape index (κ3) is 1.75. The number of thiophene rings is 1. The van der Waals surface area contributed by atoms with Crippen molar-refractivity contribution >= 4 is 52.8 Å². The summed E-state index contributed by atoms with van der Waals surface area (Å²) in [4.78, 5) is 0.127. The van der Waals surface area contributed by atoms with Crippen molar-refractivity contribution in [2.75, 3.05) is 0 Å². The quantitative estimate of drug-likeness (QED) is 0.741. The minimum atomic E-state index is -3.68. The third-order valence-corrected chi connectivity index (χ3v) is 4.47. The van der Waals surface area contributed by atoms with E-state index in [4.69, 9.17) is 22.3 Å². The Hall–Kier alpha value is -0.290. The SMILES string of the molecule is O=S(=O)(Cl)c1csc2ccc(Cl)cc12. The molecular weight excluding hydrogens is 263 g/mol. The van der Waals surface area contributed by atoms with Crippen LogP contribution in [0.25, 0.3) is 10.1 Å². The highest BCUT2D eigenvalue weighted by Gasteiger charge is 2.15. The fourth-order valence-electron chi connectivity index (χ4n) is 1.17. The Labute approximate surface area is 94.5 Å². The van der Waals surface area contributed by atoms with E-state index in [9.17, 15) is 8.42 Å². The van der Waals surface area contributed by atoms with Crippen LogP contribution in [-0.4, -0.2) is 8.42 Å². The number of rotatable bonds is 1. The van der Waals surface area contributed by atoms with Gasteiger partial charge in [-0.25, -0.2) is 8.42 Å². The number of hydrogen-bond acceptors (Lipinski definition) is 3. The standard InChI is InChI=1S/C8H4Cl2O2S2/c9-5-1-2-7-6(3-5)8(4-13-7)14(10,11)12/h1-4H. The van der Waals surface area contributed by atoms with Crippen molar-refractivity contribution in [2.24, 2.45) is 0 Å². The van der Waals surface area contributed by atoms with E-state index < -0.39 is 9.05 Å². The fourth-order valence-corrected chi connectivity index (χ4v) is 3.82. The number of hydrogen-bond donors (Lipinski definition) is 0. The molecule has 0 aliphatic rings. The Bertz CT molecular complexity index is 586. The molecule has 2 aromatic rings. The number of halogens is 2. The van der Waals surface area contributed by atoms with Crippen molar-refractivity contribution in [3.05, 3.63) is 28.6 Å². The molecule has 2 rings (SSSR count). The van der Waals surface area contributed by atoms with E-state index in [0.717, 1.165) is 4.70 Å². The van der Waals surface area contributed by atoms with Gasteiger partial charge in [0.2, 0.25) is 0 Å². The van der Waals surface area contributed by atoms with E-state index in [1.807, 2.05) is 0 Å². The summed E-state index contributed by atoms with van der Waals surface area (Å²) in [6.45, 7) is 0. The second-order valence-corrected chi connectivity index (χ2v) is 6.56. The third-order valence-electron chi connectivity index (χ3n) is 1.76. The summed E-state index contributed by atoms with van der Waals surface area (Å²) in [5.74, 6) is 0. The summed E-state index contributed by atoms with van der Waals surface area (Å²) >= 11 is 7.09. The Morgan fingerprint density at radius 3 is 2.64 bits per heavy atom. The molecule has 6 heteroatoms. The normalized spacial score (nSPS) is 12.1. The van der Waals surface area contributed by atoms with Crippen LogP contribution in [0, 0.1) is 0 Å². The average molecular weight is 267 g/mol. The molecule has 1 heterocycles. The van der Waals surface area contributed by atoms with Gasteiger partial charge in [-0.1, -0.05) is 11.6 Å². The first-order valence-corrected chi connectivity index (χ1v) is 7.16. The molecule has 0 N–H and O–H groups in total. The molecule has 0 aliphatic heterocycles. The van der Waals surface area contributed by atoms with Crippen molar-refractivity contribution in [3.63, 3.8) is 0 Å². The van der Waals surface area contributed by atoms with Crippen LogP contribution in [0.4, 0.5) is 0 Å². The minimum Gasteiger partial charge on any atom is -0.207 e. The Balaban J connectivity index is 2.87. The largest absolute Gasteiger partial charge is 0.262 e. The molecule has 0 aliphatic carbocycles. The number of benzene rings is 1. The molecule has 14 heavy (non-hydrogen) atoms. The summed E-state index contributed by atoms with van der Waals surface area (Å²) in [6, 6.07) is 5.08. The first-order valence-electron chi connectivity index (χ1n) is 3.60. The monoisotopic (exact) mass is 266 g/mol. The minimum absolute atomic E-state index is 0.127. The smallest absolute Gasteiger partial charge is 0.207 e. The molecule has 0 saturated heterocycles. The highest BCUT2D eigenvalue weighted by molar-refractivity contribution is 8.14. The van der Waals surface area contributed by atoms with Gasteiger partial charge in [0.15, 0.2) is 0 Å². The van der Waals surface area contributed by atoms with Gasteiger partial charge >= 0.3 is 0 Å². The van der Waals surface area contributed by atoms with Crippen LogP contribution in [0.1, 0.15) is 0 Å². The summed E-state index contributed by atoms with van der Waals surface area (Å²) in [5.41, 5.74) is 0. The molecule has 0 amide bonds. The maximum absolute atomic E-state index is 11.1. The molecule has 0 spiro atoms. The molecule has 0 radical (unpaired) electrons. The van der Waals surface area contributed by atoms with Gasteiger partial charge in [-0.05, 0) is 18.2 Å². The highest BCUT2D eigenvalue weighted by Crippen LogP contribution is 2.33. The van der Waals surface area contributed by atoms with Gasteiger partial charge in [0.05, 0.1) is 0 Å². The topological polar surface area (TPSA) is 34.1 Å². The summed E-state index contributed by atoms with van der Waals surface area (Å²) in [5, 5.41) is 2.60. The van der Waals surface area contributed by atoms with E-state index in [0.29, 0.717) is 10.4 Å². The highest BCUT2D eigenvalue weighted by atomic mass is 35.7. The van der Waals surface area contributed by atoms with E-state index in [2.05, 4.69) is 0 Å². The second kappa shape index (κ2) is 3.38. The summed E-state index contributed by atoms with van der Waals surface area (Å²) < 4.78 is 23.2. The van der Waals surface area contributed by atoms with Crippen LogP contribution in [0.2, 0.25) is 5.02 Å². The summed E-state index contributed by atoms with van der Waals surface area (Å²) in [7, 11) is 1.59. The summed E-state index contributed by atoms with van der Waals surface area (Å²) in [6.07, 6.45) is 0. The predicted molar refractivity (Wildman–Crippen MR) is 59.9 cm³/mol. The van der Waals surface area contributed by atoms with Gasteiger partial charge in [-0.15, -0.1) is 11.3 Å². The van der Waals surface area contributed by atoms with E-state index in [1.54, 1.807) is 18.2 Å². The second-order valence-electron chi connectivity index (χ2n) is 2.68. The van der Waals surface area contributed by atoms with Crippen LogP contribution < -0.4 is 0 Å². The van der Waals surface area contributed by atoms with Gasteiger partial charge in [0, 0.05) is 31.2 Å². The van der Waals surface area contributed by atoms with Crippen molar-refractivity contribution in [2.45, 2.75) is 4.90 Å². The molecule has 74 valence electrons. The lowest BCUT2D eigenvalue weighted by molar-refractivity contribution is 0.610. The lowest BCUT2D eigenvalue weighted by atomic mass is 10.3. The molecule has 0 saturated carbocycles. The van der Waals surface area contributed by atoms with E-state index in [1.165, 1.54) is 16.7 Å². The molecule has 2 nitrogen and oxygen atoms in total. The average Bonchev–Trinajstić information content (AvgIpc) is 2.45. The predicted octanol–water partition coefficient (Wildman–Crippen LogP) is 3.48. The van der Waals surface area contributed by atoms with Crippen LogP contribution in [0.15, 0.2) is 28.5 Å². The zero-order chi connectivity index (χ0) is 10.3. The lowest BCUT2D eigenvalue weighted by Crippen LogP contribution is -1.87. The van der Waals surface area contributed by atoms with Crippen LogP contribution in [0.5, 0.6) is 0 Å². The molecule has 0 fully saturated rings. The van der Waals surface area contributed by atoms with Crippen LogP contribution in [-0.2, 0) is 9.05 Å². The number of fused-ring (bicyclic) bond motifs is 1. The molecule has 1 aromatic carbocycles. The first kappa shape index (κ1) is 10.2. The molecule has 0 bridgehead atoms.